The molecular formula is C21H22N2O4. The molecule has 4 heterocycles. The molecule has 140 valence electrons. The Labute approximate surface area is 157 Å². The molecule has 2 fully saturated rings. The van der Waals surface area contributed by atoms with Gasteiger partial charge in [-0.15, -0.1) is 0 Å². The van der Waals surface area contributed by atoms with Crippen molar-refractivity contribution in [1.82, 2.24) is 4.90 Å². The summed E-state index contributed by atoms with van der Waals surface area (Å²) < 4.78 is 11.6. The Morgan fingerprint density at radius 2 is 2.22 bits per heavy atom. The van der Waals surface area contributed by atoms with E-state index >= 15 is 0 Å². The van der Waals surface area contributed by atoms with E-state index in [2.05, 4.69) is 28.4 Å². The zero-order chi connectivity index (χ0) is 18.6. The summed E-state index contributed by atoms with van der Waals surface area (Å²) in [5.41, 5.74) is 0.799. The molecule has 0 amide bonds. The fraction of sp³-hybridized carbons (Fsp3) is 0.476. The number of nitrogens with one attached hydrogen (secondary N) is 1. The minimum absolute atomic E-state index is 0.192. The number of nitrogens with zero attached hydrogens (tertiary/aromatic N) is 1. The van der Waals surface area contributed by atoms with Gasteiger partial charge in [0.1, 0.15) is 12.0 Å². The van der Waals surface area contributed by atoms with Gasteiger partial charge in [0.15, 0.2) is 0 Å². The summed E-state index contributed by atoms with van der Waals surface area (Å²) in [6.07, 6.45) is 4.77. The van der Waals surface area contributed by atoms with Crippen molar-refractivity contribution in [2.75, 3.05) is 19.0 Å². The Kier molecular flexibility index (Phi) is 2.72. The lowest BCUT2D eigenvalue weighted by atomic mass is 9.52. The van der Waals surface area contributed by atoms with Crippen LogP contribution >= 0.6 is 0 Å². The highest BCUT2D eigenvalue weighted by molar-refractivity contribution is 5.93. The standard InChI is InChI=1S/C21H22N2O4/c1-12-19-8-5-9-23-16(27-12)11-20(21(19,23)25)14-6-3-4-7-15(14)22-17(20)13(10-19)18(24)26-2/h3-8,12,16,22,25H,9-11H2,1-2H3/t12-,16+,19+,20+,21-/m1/s1. The Morgan fingerprint density at radius 1 is 1.41 bits per heavy atom. The highest BCUT2D eigenvalue weighted by Gasteiger charge is 2.80. The number of rotatable bonds is 1. The third-order valence-electron chi connectivity index (χ3n) is 7.57. The number of para-hydroxylation sites is 1. The monoisotopic (exact) mass is 366 g/mol. The van der Waals surface area contributed by atoms with Gasteiger partial charge in [0.2, 0.25) is 0 Å². The summed E-state index contributed by atoms with van der Waals surface area (Å²) in [6.45, 7) is 2.65. The van der Waals surface area contributed by atoms with Crippen molar-refractivity contribution in [3.05, 3.63) is 53.3 Å². The van der Waals surface area contributed by atoms with E-state index in [4.69, 9.17) is 9.47 Å². The molecule has 0 aromatic heterocycles. The predicted molar refractivity (Wildman–Crippen MR) is 97.6 cm³/mol. The molecule has 0 saturated carbocycles. The fourth-order valence-electron chi connectivity index (χ4n) is 6.52. The van der Waals surface area contributed by atoms with Crippen LogP contribution in [0.25, 0.3) is 0 Å². The molecule has 27 heavy (non-hydrogen) atoms. The van der Waals surface area contributed by atoms with Gasteiger partial charge in [0.05, 0.1) is 29.6 Å². The van der Waals surface area contributed by atoms with Crippen LogP contribution in [0, 0.1) is 5.41 Å². The molecule has 6 atom stereocenters. The number of ether oxygens (including phenoxy) is 2. The van der Waals surface area contributed by atoms with Crippen LogP contribution in [0.5, 0.6) is 0 Å². The summed E-state index contributed by atoms with van der Waals surface area (Å²) in [5, 5.41) is 16.0. The molecule has 4 aliphatic heterocycles. The van der Waals surface area contributed by atoms with Crippen LogP contribution in [0.15, 0.2) is 47.7 Å². The van der Waals surface area contributed by atoms with E-state index in [0.29, 0.717) is 25.0 Å². The Bertz CT molecular complexity index is 955. The van der Waals surface area contributed by atoms with E-state index in [-0.39, 0.29) is 18.3 Å². The van der Waals surface area contributed by atoms with Gasteiger partial charge < -0.3 is 19.9 Å². The second-order valence-electron chi connectivity index (χ2n) is 8.30. The van der Waals surface area contributed by atoms with Gasteiger partial charge >= 0.3 is 5.97 Å². The summed E-state index contributed by atoms with van der Waals surface area (Å²) in [7, 11) is 1.41. The van der Waals surface area contributed by atoms with E-state index in [9.17, 15) is 9.90 Å². The number of anilines is 1. The largest absolute Gasteiger partial charge is 0.466 e. The molecule has 0 radical (unpaired) electrons. The first-order chi connectivity index (χ1) is 13.0. The van der Waals surface area contributed by atoms with E-state index in [1.807, 2.05) is 25.1 Å². The third kappa shape index (κ3) is 1.41. The Balaban J connectivity index is 1.76. The lowest BCUT2D eigenvalue weighted by molar-refractivity contribution is -0.302. The zero-order valence-corrected chi connectivity index (χ0v) is 15.4. The molecule has 6 heteroatoms. The van der Waals surface area contributed by atoms with Gasteiger partial charge in [-0.05, 0) is 25.0 Å². The van der Waals surface area contributed by atoms with Gasteiger partial charge in [-0.25, -0.2) is 9.69 Å². The van der Waals surface area contributed by atoms with Gasteiger partial charge in [-0.1, -0.05) is 30.4 Å². The van der Waals surface area contributed by atoms with E-state index in [1.54, 1.807) is 0 Å². The molecule has 1 aromatic rings. The number of carbonyl (C=O) groups is 1. The van der Waals surface area contributed by atoms with Crippen LogP contribution in [0.2, 0.25) is 0 Å². The summed E-state index contributed by atoms with van der Waals surface area (Å²) in [5.74, 6) is -0.339. The average Bonchev–Trinajstić information content (AvgIpc) is 3.11. The molecule has 2 N–H and O–H groups in total. The molecule has 6 nitrogen and oxygen atoms in total. The van der Waals surface area contributed by atoms with Crippen LogP contribution in [0.4, 0.5) is 5.69 Å². The molecule has 1 unspecified atom stereocenters. The normalized spacial score (nSPS) is 45.2. The SMILES string of the molecule is COC(=O)C1=C2Nc3ccccc3[C@@]23C[C@@H]2O[C@H](C)[C@]4(C=CCN2[C@@]43O)C1. The van der Waals surface area contributed by atoms with Gasteiger partial charge in [0, 0.05) is 24.4 Å². The van der Waals surface area contributed by atoms with Crippen molar-refractivity contribution in [3.63, 3.8) is 0 Å². The maximum atomic E-state index is 12.8. The molecule has 1 spiro atoms. The molecular weight excluding hydrogens is 344 g/mol. The molecule has 1 aliphatic carbocycles. The van der Waals surface area contributed by atoms with E-state index in [1.165, 1.54) is 7.11 Å². The number of hydrogen-bond acceptors (Lipinski definition) is 6. The quantitative estimate of drug-likeness (QED) is 0.584. The minimum atomic E-state index is -1.15. The highest BCUT2D eigenvalue weighted by Crippen LogP contribution is 2.72. The van der Waals surface area contributed by atoms with Crippen LogP contribution in [-0.4, -0.2) is 47.7 Å². The van der Waals surface area contributed by atoms with Crippen LogP contribution in [0.3, 0.4) is 0 Å². The number of benzene rings is 1. The maximum absolute atomic E-state index is 12.8. The van der Waals surface area contributed by atoms with Crippen molar-refractivity contribution >= 4 is 11.7 Å². The number of carbonyl (C=O) groups excluding carboxylic acids is 1. The number of aliphatic hydroxyl groups is 1. The number of hydrogen-bond donors (Lipinski definition) is 2. The second kappa shape index (κ2) is 4.63. The molecule has 5 aliphatic rings. The lowest BCUT2D eigenvalue weighted by Crippen LogP contribution is -2.75. The van der Waals surface area contributed by atoms with Gasteiger partial charge in [-0.3, -0.25) is 0 Å². The fourth-order valence-corrected chi connectivity index (χ4v) is 6.52. The maximum Gasteiger partial charge on any atom is 0.335 e. The first kappa shape index (κ1) is 15.9. The molecule has 2 saturated heterocycles. The van der Waals surface area contributed by atoms with E-state index < -0.39 is 16.6 Å². The minimum Gasteiger partial charge on any atom is -0.466 e. The van der Waals surface area contributed by atoms with E-state index in [0.717, 1.165) is 16.9 Å². The second-order valence-corrected chi connectivity index (χ2v) is 8.30. The number of fused-ring (bicyclic) bond motifs is 1. The lowest BCUT2D eigenvalue weighted by Gasteiger charge is -2.63. The van der Waals surface area contributed by atoms with Crippen LogP contribution < -0.4 is 5.32 Å². The zero-order valence-electron chi connectivity index (χ0n) is 15.4. The summed E-state index contributed by atoms with van der Waals surface area (Å²) in [4.78, 5) is 14.9. The molecule has 6 rings (SSSR count). The van der Waals surface area contributed by atoms with Crippen LogP contribution in [-0.2, 0) is 19.7 Å². The third-order valence-corrected chi connectivity index (χ3v) is 7.57. The first-order valence-corrected chi connectivity index (χ1v) is 9.50. The van der Waals surface area contributed by atoms with Crippen molar-refractivity contribution in [2.24, 2.45) is 5.41 Å². The topological polar surface area (TPSA) is 71.0 Å². The van der Waals surface area contributed by atoms with Crippen LogP contribution in [0.1, 0.15) is 25.3 Å². The first-order valence-electron chi connectivity index (χ1n) is 9.50. The van der Waals surface area contributed by atoms with Crippen molar-refractivity contribution in [1.29, 1.82) is 0 Å². The van der Waals surface area contributed by atoms with Crippen molar-refractivity contribution < 1.29 is 19.4 Å². The van der Waals surface area contributed by atoms with Gasteiger partial charge in [0.25, 0.3) is 0 Å². The predicted octanol–water partition coefficient (Wildman–Crippen LogP) is 1.88. The number of esters is 1. The van der Waals surface area contributed by atoms with Crippen molar-refractivity contribution in [3.8, 4) is 0 Å². The Hall–Kier alpha value is -2.15. The summed E-state index contributed by atoms with van der Waals surface area (Å²) in [6, 6.07) is 8.04. The average molecular weight is 366 g/mol. The summed E-state index contributed by atoms with van der Waals surface area (Å²) >= 11 is 0. The Morgan fingerprint density at radius 3 is 3.04 bits per heavy atom. The smallest absolute Gasteiger partial charge is 0.335 e. The highest BCUT2D eigenvalue weighted by atomic mass is 16.5. The number of methoxy groups -OCH3 is 1. The molecule has 4 bridgehead atoms. The van der Waals surface area contributed by atoms with Gasteiger partial charge in [-0.2, -0.15) is 0 Å². The van der Waals surface area contributed by atoms with Crippen molar-refractivity contribution in [2.45, 2.75) is 43.2 Å². The molecule has 1 aromatic carbocycles.